The van der Waals surface area contributed by atoms with Crippen LogP contribution >= 0.6 is 0 Å². The predicted octanol–water partition coefficient (Wildman–Crippen LogP) is 1.24. The quantitative estimate of drug-likeness (QED) is 0.206. The van der Waals surface area contributed by atoms with Crippen molar-refractivity contribution in [2.75, 3.05) is 10.6 Å². The summed E-state index contributed by atoms with van der Waals surface area (Å²) in [5.41, 5.74) is -1.01. The van der Waals surface area contributed by atoms with Gasteiger partial charge < -0.3 is 10.6 Å². The zero-order valence-corrected chi connectivity index (χ0v) is 18.9. The standard InChI is InChI=1S/C18H14N4O7S.Na/c23-21(24)16-8-4-7-15(18(16)22(25)26)20-13-9-10-14(17(11-13)30(27,28)29)19-12-5-2-1-3-6-12;/h1-11,19-20H,(H,27,28,29);/q;+1. The molecule has 0 radical (unpaired) electrons. The van der Waals surface area contributed by atoms with E-state index in [9.17, 15) is 33.2 Å². The monoisotopic (exact) mass is 453 g/mol. The fraction of sp³-hybridized carbons (Fsp3) is 0. The van der Waals surface area contributed by atoms with E-state index in [2.05, 4.69) is 10.6 Å². The number of nitro benzene ring substituents is 2. The van der Waals surface area contributed by atoms with E-state index in [0.29, 0.717) is 5.69 Å². The molecule has 0 aromatic heterocycles. The first-order chi connectivity index (χ1) is 14.2. The second kappa shape index (κ2) is 9.85. The van der Waals surface area contributed by atoms with E-state index in [0.717, 1.165) is 12.1 Å². The predicted molar refractivity (Wildman–Crippen MR) is 109 cm³/mol. The van der Waals surface area contributed by atoms with Gasteiger partial charge in [-0.3, -0.25) is 24.8 Å². The van der Waals surface area contributed by atoms with Crippen LogP contribution in [0.15, 0.2) is 71.6 Å². The summed E-state index contributed by atoms with van der Waals surface area (Å²) >= 11 is 0. The van der Waals surface area contributed by atoms with Gasteiger partial charge in [0.1, 0.15) is 10.6 Å². The number of nitrogens with one attached hydrogen (secondary N) is 2. The topological polar surface area (TPSA) is 165 Å². The van der Waals surface area contributed by atoms with Gasteiger partial charge in [0.2, 0.25) is 0 Å². The maximum Gasteiger partial charge on any atom is 1.00 e. The van der Waals surface area contributed by atoms with Gasteiger partial charge >= 0.3 is 40.9 Å². The van der Waals surface area contributed by atoms with Crippen molar-refractivity contribution in [3.8, 4) is 0 Å². The Morgan fingerprint density at radius 2 is 1.42 bits per heavy atom. The zero-order chi connectivity index (χ0) is 21.9. The number of benzene rings is 3. The Hall–Kier alpha value is -3.03. The van der Waals surface area contributed by atoms with Crippen LogP contribution in [0.3, 0.4) is 0 Å². The Balaban J connectivity index is 0.00000341. The molecular weight excluding hydrogens is 439 g/mol. The van der Waals surface area contributed by atoms with Gasteiger partial charge in [0.15, 0.2) is 0 Å². The normalized spacial score (nSPS) is 10.6. The third kappa shape index (κ3) is 5.77. The summed E-state index contributed by atoms with van der Waals surface area (Å²) in [7, 11) is -4.66. The molecule has 0 atom stereocenters. The first-order valence-electron chi connectivity index (χ1n) is 8.29. The molecule has 0 aliphatic heterocycles. The molecule has 31 heavy (non-hydrogen) atoms. The second-order valence-corrected chi connectivity index (χ2v) is 7.38. The van der Waals surface area contributed by atoms with Crippen LogP contribution in [0, 0.1) is 20.2 Å². The molecule has 0 saturated carbocycles. The zero-order valence-electron chi connectivity index (χ0n) is 16.1. The molecule has 3 aromatic carbocycles. The van der Waals surface area contributed by atoms with Gasteiger partial charge in [-0.2, -0.15) is 8.42 Å². The third-order valence-electron chi connectivity index (χ3n) is 3.99. The molecule has 0 unspecified atom stereocenters. The summed E-state index contributed by atoms with van der Waals surface area (Å²) in [6.07, 6.45) is 0. The van der Waals surface area contributed by atoms with Gasteiger partial charge in [-0.05, 0) is 36.4 Å². The van der Waals surface area contributed by atoms with Gasteiger partial charge in [-0.25, -0.2) is 0 Å². The Bertz CT molecular complexity index is 1240. The Morgan fingerprint density at radius 3 is 2.00 bits per heavy atom. The first kappa shape index (κ1) is 24.2. The van der Waals surface area contributed by atoms with Crippen LogP contribution in [0.2, 0.25) is 0 Å². The molecule has 3 rings (SSSR count). The minimum absolute atomic E-state index is 0. The van der Waals surface area contributed by atoms with E-state index in [1.807, 2.05) is 0 Å². The summed E-state index contributed by atoms with van der Waals surface area (Å²) < 4.78 is 33.3. The maximum atomic E-state index is 11.9. The Labute approximate surface area is 198 Å². The number of hydrogen-bond donors (Lipinski definition) is 3. The van der Waals surface area contributed by atoms with Crippen molar-refractivity contribution in [2.24, 2.45) is 0 Å². The molecule has 0 spiro atoms. The molecule has 11 nitrogen and oxygen atoms in total. The van der Waals surface area contributed by atoms with Crippen molar-refractivity contribution in [1.82, 2.24) is 0 Å². The molecule has 0 saturated heterocycles. The fourth-order valence-electron chi connectivity index (χ4n) is 2.72. The van der Waals surface area contributed by atoms with E-state index in [1.165, 1.54) is 24.3 Å². The molecule has 0 heterocycles. The van der Waals surface area contributed by atoms with Crippen molar-refractivity contribution in [3.63, 3.8) is 0 Å². The largest absolute Gasteiger partial charge is 1.00 e. The molecule has 13 heteroatoms. The molecule has 0 aliphatic carbocycles. The number of nitrogens with zero attached hydrogens (tertiary/aromatic N) is 2. The molecule has 3 N–H and O–H groups in total. The Kier molecular flexibility index (Phi) is 7.70. The van der Waals surface area contributed by atoms with Crippen molar-refractivity contribution < 1.29 is 52.4 Å². The molecule has 3 aromatic rings. The van der Waals surface area contributed by atoms with Gasteiger partial charge in [0.25, 0.3) is 10.1 Å². The summed E-state index contributed by atoms with van der Waals surface area (Å²) in [4.78, 5) is 20.1. The molecule has 0 amide bonds. The van der Waals surface area contributed by atoms with Crippen LogP contribution in [0.4, 0.5) is 34.1 Å². The van der Waals surface area contributed by atoms with Crippen LogP contribution in [0.25, 0.3) is 0 Å². The number of para-hydroxylation sites is 2. The molecular formula is C18H14N4NaO7S+. The van der Waals surface area contributed by atoms with Gasteiger partial charge in [-0.15, -0.1) is 0 Å². The average molecular weight is 453 g/mol. The minimum Gasteiger partial charge on any atom is -0.354 e. The van der Waals surface area contributed by atoms with Crippen LogP contribution in [-0.4, -0.2) is 22.8 Å². The average Bonchev–Trinajstić information content (AvgIpc) is 2.68. The first-order valence-corrected chi connectivity index (χ1v) is 9.73. The minimum atomic E-state index is -4.66. The maximum absolute atomic E-state index is 11.9. The summed E-state index contributed by atoms with van der Waals surface area (Å²) in [6, 6.07) is 15.9. The van der Waals surface area contributed by atoms with Crippen molar-refractivity contribution in [2.45, 2.75) is 4.90 Å². The third-order valence-corrected chi connectivity index (χ3v) is 4.88. The van der Waals surface area contributed by atoms with Crippen molar-refractivity contribution >= 4 is 44.2 Å². The second-order valence-electron chi connectivity index (χ2n) is 5.99. The molecule has 0 bridgehead atoms. The number of nitro groups is 2. The van der Waals surface area contributed by atoms with Gasteiger partial charge in [-0.1, -0.05) is 24.3 Å². The molecule has 0 aliphatic rings. The van der Waals surface area contributed by atoms with Gasteiger partial charge in [0.05, 0.1) is 15.5 Å². The van der Waals surface area contributed by atoms with Crippen LogP contribution in [-0.2, 0) is 10.1 Å². The van der Waals surface area contributed by atoms with E-state index in [-0.39, 0.29) is 46.6 Å². The number of hydrogen-bond acceptors (Lipinski definition) is 8. The van der Waals surface area contributed by atoms with E-state index >= 15 is 0 Å². The number of rotatable bonds is 7. The summed E-state index contributed by atoms with van der Waals surface area (Å²) in [5, 5.41) is 27.9. The summed E-state index contributed by atoms with van der Waals surface area (Å²) in [6.45, 7) is 0. The van der Waals surface area contributed by atoms with Gasteiger partial charge in [0, 0.05) is 17.4 Å². The van der Waals surface area contributed by atoms with E-state index in [4.69, 9.17) is 0 Å². The van der Waals surface area contributed by atoms with Crippen LogP contribution < -0.4 is 40.2 Å². The van der Waals surface area contributed by atoms with Crippen LogP contribution in [0.1, 0.15) is 0 Å². The fourth-order valence-corrected chi connectivity index (χ4v) is 3.39. The SMILES string of the molecule is O=[N+]([O-])c1cccc(Nc2ccc(Nc3ccccc3)c(S(=O)(=O)O)c2)c1[N+](=O)[O-].[Na+]. The molecule has 0 fully saturated rings. The smallest absolute Gasteiger partial charge is 0.354 e. The summed E-state index contributed by atoms with van der Waals surface area (Å²) in [5.74, 6) is 0. The van der Waals surface area contributed by atoms with E-state index in [1.54, 1.807) is 30.3 Å². The van der Waals surface area contributed by atoms with E-state index < -0.39 is 36.2 Å². The van der Waals surface area contributed by atoms with Crippen molar-refractivity contribution in [1.29, 1.82) is 0 Å². The van der Waals surface area contributed by atoms with Crippen LogP contribution in [0.5, 0.6) is 0 Å². The number of anilines is 4. The Morgan fingerprint density at radius 1 is 0.774 bits per heavy atom. The van der Waals surface area contributed by atoms with Crippen molar-refractivity contribution in [3.05, 3.63) is 87.0 Å². The molecule has 154 valence electrons.